The molecule has 24 heavy (non-hydrogen) atoms. The first kappa shape index (κ1) is 16.1. The van der Waals surface area contributed by atoms with Gasteiger partial charge in [-0.1, -0.05) is 18.2 Å². The van der Waals surface area contributed by atoms with Crippen molar-refractivity contribution in [3.63, 3.8) is 0 Å². The van der Waals surface area contributed by atoms with Crippen LogP contribution in [0.3, 0.4) is 0 Å². The molecule has 1 saturated heterocycles. The molecule has 0 atom stereocenters. The zero-order valence-electron chi connectivity index (χ0n) is 13.3. The number of likely N-dealkylation sites (tertiary alicyclic amines) is 1. The highest BCUT2D eigenvalue weighted by Gasteiger charge is 2.13. The van der Waals surface area contributed by atoms with Crippen LogP contribution in [-0.2, 0) is 6.54 Å². The molecule has 1 heterocycles. The molecule has 0 saturated carbocycles. The Kier molecular flexibility index (Phi) is 4.86. The first-order valence-corrected chi connectivity index (χ1v) is 7.99. The molecule has 1 N–H and O–H groups in total. The fourth-order valence-corrected chi connectivity index (χ4v) is 2.86. The van der Waals surface area contributed by atoms with Gasteiger partial charge in [-0.05, 0) is 49.7 Å². The van der Waals surface area contributed by atoms with Crippen LogP contribution in [0.5, 0.6) is 0 Å². The van der Waals surface area contributed by atoms with E-state index in [-0.39, 0.29) is 11.6 Å². The third-order valence-electron chi connectivity index (χ3n) is 4.14. The monoisotopic (exact) mass is 325 g/mol. The van der Waals surface area contributed by atoms with Crippen molar-refractivity contribution in [1.29, 1.82) is 0 Å². The second kappa shape index (κ2) is 7.23. The van der Waals surface area contributed by atoms with Gasteiger partial charge in [-0.15, -0.1) is 0 Å². The lowest BCUT2D eigenvalue weighted by Crippen LogP contribution is -2.18. The third kappa shape index (κ3) is 3.97. The minimum atomic E-state index is -0.483. The van der Waals surface area contributed by atoms with E-state index < -0.39 is 4.92 Å². The van der Waals surface area contributed by atoms with E-state index in [0.29, 0.717) is 11.3 Å². The van der Waals surface area contributed by atoms with Crippen molar-refractivity contribution in [2.45, 2.75) is 19.4 Å². The number of nitrogens with one attached hydrogen (secondary N) is 1. The zero-order valence-corrected chi connectivity index (χ0v) is 13.3. The number of carbonyl (C=O) groups excluding carboxylic acids is 1. The third-order valence-corrected chi connectivity index (χ3v) is 4.14. The molecule has 1 amide bonds. The van der Waals surface area contributed by atoms with Gasteiger partial charge in [0.2, 0.25) is 0 Å². The van der Waals surface area contributed by atoms with Crippen molar-refractivity contribution in [2.24, 2.45) is 0 Å². The van der Waals surface area contributed by atoms with Crippen molar-refractivity contribution in [1.82, 2.24) is 4.90 Å². The molecular formula is C18H19N3O3. The summed E-state index contributed by atoms with van der Waals surface area (Å²) in [5.41, 5.74) is 2.08. The largest absolute Gasteiger partial charge is 0.322 e. The molecule has 1 fully saturated rings. The van der Waals surface area contributed by atoms with E-state index in [1.54, 1.807) is 24.3 Å². The molecule has 2 aromatic rings. The van der Waals surface area contributed by atoms with Crippen LogP contribution in [-0.4, -0.2) is 28.8 Å². The van der Waals surface area contributed by atoms with Crippen LogP contribution in [0.1, 0.15) is 28.8 Å². The molecular weight excluding hydrogens is 306 g/mol. The van der Waals surface area contributed by atoms with E-state index >= 15 is 0 Å². The molecule has 6 heteroatoms. The predicted molar refractivity (Wildman–Crippen MR) is 92.0 cm³/mol. The Balaban J connectivity index is 1.64. The highest BCUT2D eigenvalue weighted by molar-refractivity contribution is 6.04. The summed E-state index contributed by atoms with van der Waals surface area (Å²) in [6.45, 7) is 3.18. The van der Waals surface area contributed by atoms with Gasteiger partial charge in [0.05, 0.1) is 4.92 Å². The number of hydrogen-bond donors (Lipinski definition) is 1. The lowest BCUT2D eigenvalue weighted by atomic mass is 10.1. The standard InChI is InChI=1S/C18H19N3O3/c22-18(19-16-4-3-5-17(12-16)21(23)24)15-8-6-14(7-9-15)13-20-10-1-2-11-20/h3-9,12H,1-2,10-11,13H2,(H,19,22). The number of non-ortho nitro benzene ring substituents is 1. The second-order valence-electron chi connectivity index (χ2n) is 5.94. The van der Waals surface area contributed by atoms with Crippen LogP contribution < -0.4 is 5.32 Å². The van der Waals surface area contributed by atoms with Gasteiger partial charge in [0.1, 0.15) is 0 Å². The molecule has 0 aromatic heterocycles. The van der Waals surface area contributed by atoms with Crippen molar-refractivity contribution in [3.05, 3.63) is 69.8 Å². The zero-order chi connectivity index (χ0) is 16.9. The summed E-state index contributed by atoms with van der Waals surface area (Å²) in [4.78, 5) is 25.0. The van der Waals surface area contributed by atoms with E-state index in [2.05, 4.69) is 10.2 Å². The van der Waals surface area contributed by atoms with Crippen molar-refractivity contribution in [3.8, 4) is 0 Å². The number of benzene rings is 2. The number of carbonyl (C=O) groups is 1. The molecule has 3 rings (SSSR count). The number of nitro groups is 1. The second-order valence-corrected chi connectivity index (χ2v) is 5.94. The summed E-state index contributed by atoms with van der Waals surface area (Å²) in [5.74, 6) is -0.275. The minimum absolute atomic E-state index is 0.0474. The van der Waals surface area contributed by atoms with E-state index in [1.165, 1.54) is 30.5 Å². The van der Waals surface area contributed by atoms with Crippen LogP contribution >= 0.6 is 0 Å². The quantitative estimate of drug-likeness (QED) is 0.675. The molecule has 0 spiro atoms. The van der Waals surface area contributed by atoms with Gasteiger partial charge in [0.25, 0.3) is 11.6 Å². The summed E-state index contributed by atoms with van der Waals surface area (Å²) in [5, 5.41) is 13.5. The number of anilines is 1. The Labute approximate surface area is 140 Å². The fraction of sp³-hybridized carbons (Fsp3) is 0.278. The molecule has 1 aliphatic heterocycles. The molecule has 6 nitrogen and oxygen atoms in total. The molecule has 0 aliphatic carbocycles. The van der Waals surface area contributed by atoms with Crippen LogP contribution in [0.15, 0.2) is 48.5 Å². The van der Waals surface area contributed by atoms with Crippen LogP contribution in [0.2, 0.25) is 0 Å². The summed E-state index contributed by atoms with van der Waals surface area (Å²) < 4.78 is 0. The fourth-order valence-electron chi connectivity index (χ4n) is 2.86. The Morgan fingerprint density at radius 2 is 1.83 bits per heavy atom. The van der Waals surface area contributed by atoms with Crippen LogP contribution in [0, 0.1) is 10.1 Å². The maximum atomic E-state index is 12.3. The van der Waals surface area contributed by atoms with Crippen molar-refractivity contribution >= 4 is 17.3 Å². The molecule has 0 unspecified atom stereocenters. The smallest absolute Gasteiger partial charge is 0.271 e. The number of nitrogens with zero attached hydrogens (tertiary/aromatic N) is 2. The topological polar surface area (TPSA) is 75.5 Å². The highest BCUT2D eigenvalue weighted by atomic mass is 16.6. The van der Waals surface area contributed by atoms with Gasteiger partial charge in [-0.3, -0.25) is 19.8 Å². The van der Waals surface area contributed by atoms with Gasteiger partial charge in [-0.2, -0.15) is 0 Å². The predicted octanol–water partition coefficient (Wildman–Crippen LogP) is 3.44. The SMILES string of the molecule is O=C(Nc1cccc([N+](=O)[O-])c1)c1ccc(CN2CCCC2)cc1. The van der Waals surface area contributed by atoms with Gasteiger partial charge >= 0.3 is 0 Å². The average Bonchev–Trinajstić information content (AvgIpc) is 3.08. The van der Waals surface area contributed by atoms with Gasteiger partial charge < -0.3 is 5.32 Å². The number of nitro benzene ring substituents is 1. The Bertz CT molecular complexity index is 737. The first-order chi connectivity index (χ1) is 11.6. The van der Waals surface area contributed by atoms with E-state index in [1.807, 2.05) is 12.1 Å². The first-order valence-electron chi connectivity index (χ1n) is 7.99. The van der Waals surface area contributed by atoms with Crippen LogP contribution in [0.4, 0.5) is 11.4 Å². The molecule has 0 bridgehead atoms. The maximum absolute atomic E-state index is 12.3. The van der Waals surface area contributed by atoms with Crippen molar-refractivity contribution < 1.29 is 9.72 Å². The molecule has 1 aliphatic rings. The summed E-state index contributed by atoms with van der Waals surface area (Å²) in [7, 11) is 0. The highest BCUT2D eigenvalue weighted by Crippen LogP contribution is 2.18. The lowest BCUT2D eigenvalue weighted by molar-refractivity contribution is -0.384. The summed E-state index contributed by atoms with van der Waals surface area (Å²) in [6, 6.07) is 13.4. The number of hydrogen-bond acceptors (Lipinski definition) is 4. The molecule has 124 valence electrons. The average molecular weight is 325 g/mol. The van der Waals surface area contributed by atoms with E-state index in [9.17, 15) is 14.9 Å². The Hall–Kier alpha value is -2.73. The summed E-state index contributed by atoms with van der Waals surface area (Å²) >= 11 is 0. The van der Waals surface area contributed by atoms with Crippen molar-refractivity contribution in [2.75, 3.05) is 18.4 Å². The van der Waals surface area contributed by atoms with Gasteiger partial charge in [0, 0.05) is 29.9 Å². The minimum Gasteiger partial charge on any atom is -0.322 e. The molecule has 2 aromatic carbocycles. The molecule has 0 radical (unpaired) electrons. The van der Waals surface area contributed by atoms with E-state index in [0.717, 1.165) is 19.6 Å². The van der Waals surface area contributed by atoms with Crippen LogP contribution in [0.25, 0.3) is 0 Å². The maximum Gasteiger partial charge on any atom is 0.271 e. The number of rotatable bonds is 5. The number of amides is 1. The summed E-state index contributed by atoms with van der Waals surface area (Å²) in [6.07, 6.45) is 2.51. The van der Waals surface area contributed by atoms with E-state index in [4.69, 9.17) is 0 Å². The Morgan fingerprint density at radius 3 is 2.50 bits per heavy atom. The normalized spacial score (nSPS) is 14.5. The lowest BCUT2D eigenvalue weighted by Gasteiger charge is -2.14. The van der Waals surface area contributed by atoms with Gasteiger partial charge in [0.15, 0.2) is 0 Å². The Morgan fingerprint density at radius 1 is 1.12 bits per heavy atom. The van der Waals surface area contributed by atoms with Gasteiger partial charge in [-0.25, -0.2) is 0 Å².